The lowest BCUT2D eigenvalue weighted by Crippen LogP contribution is -1.98. The first-order chi connectivity index (χ1) is 10.7. The number of aliphatic carboxylic acids is 1. The summed E-state index contributed by atoms with van der Waals surface area (Å²) in [6.45, 7) is 5.82. The first kappa shape index (κ1) is 26.9. The predicted octanol–water partition coefficient (Wildman–Crippen LogP) is 4.28. The molecule has 0 aliphatic rings. The Morgan fingerprint density at radius 3 is 1.57 bits per heavy atom. The molecule has 0 radical (unpaired) electrons. The van der Waals surface area contributed by atoms with E-state index in [-0.39, 0.29) is 22.6 Å². The molecule has 0 saturated heterocycles. The van der Waals surface area contributed by atoms with E-state index < -0.39 is 5.97 Å². The lowest BCUT2D eigenvalue weighted by Gasteiger charge is -1.95. The molecule has 0 aromatic heterocycles. The Hall–Kier alpha value is -1.000. The van der Waals surface area contributed by atoms with E-state index >= 15 is 0 Å². The van der Waals surface area contributed by atoms with Gasteiger partial charge in [-0.2, -0.15) is 5.26 Å². The van der Waals surface area contributed by atoms with Gasteiger partial charge < -0.3 is 5.11 Å². The minimum atomic E-state index is -0.836. The molecule has 0 aromatic rings. The van der Waals surface area contributed by atoms with E-state index in [9.17, 15) is 14.4 Å². The lowest BCUT2D eigenvalue weighted by atomic mass is 10.1. The summed E-state index contributed by atoms with van der Waals surface area (Å²) in [4.78, 5) is 30.0. The Labute approximate surface area is 150 Å². The van der Waals surface area contributed by atoms with E-state index in [1.807, 2.05) is 6.07 Å². The number of carbonyl (C=O) groups is 3. The van der Waals surface area contributed by atoms with Gasteiger partial charge in [0.25, 0.3) is 0 Å². The average Bonchev–Trinajstić information content (AvgIpc) is 2.49. The molecule has 1 atom stereocenters. The zero-order chi connectivity index (χ0) is 18.7. The molecule has 0 heterocycles. The number of carbonyl (C=O) groups excluding carboxylic acids is 2. The topological polar surface area (TPSA) is 95.2 Å². The van der Waals surface area contributed by atoms with Gasteiger partial charge in [-0.15, -0.1) is 25.3 Å². The quantitative estimate of drug-likeness (QED) is 0.532. The summed E-state index contributed by atoms with van der Waals surface area (Å²) in [7, 11) is 0. The van der Waals surface area contributed by atoms with Crippen LogP contribution in [0.5, 0.6) is 0 Å². The molecular formula is C16H29NO4S2. The Kier molecular flexibility index (Phi) is 24.5. The van der Waals surface area contributed by atoms with E-state index in [1.165, 1.54) is 0 Å². The average molecular weight is 364 g/mol. The van der Waals surface area contributed by atoms with Crippen LogP contribution in [0.1, 0.15) is 72.1 Å². The summed E-state index contributed by atoms with van der Waals surface area (Å²) in [6, 6.07) is 1.96. The van der Waals surface area contributed by atoms with Crippen molar-refractivity contribution < 1.29 is 19.5 Å². The van der Waals surface area contributed by atoms with Crippen LogP contribution in [0, 0.1) is 17.2 Å². The summed E-state index contributed by atoms with van der Waals surface area (Å²) in [6.07, 6.45) is 5.89. The molecule has 23 heavy (non-hydrogen) atoms. The predicted molar refractivity (Wildman–Crippen MR) is 98.7 cm³/mol. The van der Waals surface area contributed by atoms with Crippen molar-refractivity contribution in [3.63, 3.8) is 0 Å². The molecule has 0 aliphatic carbocycles. The first-order valence-electron chi connectivity index (χ1n) is 7.76. The van der Waals surface area contributed by atoms with Crippen molar-refractivity contribution in [2.45, 2.75) is 72.1 Å². The molecule has 7 heteroatoms. The molecule has 0 amide bonds. The molecule has 1 unspecified atom stereocenters. The monoisotopic (exact) mass is 363 g/mol. The number of thiol groups is 2. The molecule has 0 bridgehead atoms. The summed E-state index contributed by atoms with van der Waals surface area (Å²) >= 11 is 7.19. The number of unbranched alkanes of at least 4 members (excludes halogenated alkanes) is 2. The van der Waals surface area contributed by atoms with Crippen molar-refractivity contribution in [3.8, 4) is 6.07 Å². The molecule has 0 aliphatic heterocycles. The largest absolute Gasteiger partial charge is 0.481 e. The molecule has 0 aromatic carbocycles. The van der Waals surface area contributed by atoms with Gasteiger partial charge in [-0.25, -0.2) is 0 Å². The highest BCUT2D eigenvalue weighted by Crippen LogP contribution is 2.02. The second kappa shape index (κ2) is 21.0. The normalized spacial score (nSPS) is 10.1. The minimum Gasteiger partial charge on any atom is -0.481 e. The van der Waals surface area contributed by atoms with E-state index in [0.29, 0.717) is 19.3 Å². The van der Waals surface area contributed by atoms with Crippen LogP contribution in [0.25, 0.3) is 0 Å². The van der Waals surface area contributed by atoms with Crippen molar-refractivity contribution in [1.82, 2.24) is 0 Å². The maximum atomic E-state index is 10.1. The molecule has 5 nitrogen and oxygen atoms in total. The van der Waals surface area contributed by atoms with Crippen molar-refractivity contribution in [1.29, 1.82) is 5.26 Å². The molecule has 0 rings (SSSR count). The van der Waals surface area contributed by atoms with Crippen molar-refractivity contribution in [3.05, 3.63) is 0 Å². The van der Waals surface area contributed by atoms with Crippen LogP contribution in [-0.4, -0.2) is 21.3 Å². The van der Waals surface area contributed by atoms with Crippen LogP contribution in [-0.2, 0) is 14.4 Å². The SMILES string of the molecule is CC(C#N)CCC(=O)O.CCCCC(=O)S.CCCCC(=O)S. The van der Waals surface area contributed by atoms with Crippen molar-refractivity contribution in [2.75, 3.05) is 0 Å². The molecular weight excluding hydrogens is 334 g/mol. The Balaban J connectivity index is -0.000000264. The highest BCUT2D eigenvalue weighted by atomic mass is 32.1. The van der Waals surface area contributed by atoms with Crippen molar-refractivity contribution in [2.24, 2.45) is 5.92 Å². The standard InChI is InChI=1S/C6H9NO2.2C5H10OS/c1-5(4-7)2-3-6(8)9;2*1-2-3-4-5(6)7/h5H,2-3H2,1H3,(H,8,9);2*2-4H2,1H3,(H,6,7). The van der Waals surface area contributed by atoms with E-state index in [4.69, 9.17) is 10.4 Å². The number of carboxylic acid groups (broad SMARTS) is 1. The number of hydrogen-bond donors (Lipinski definition) is 3. The second-order valence-electron chi connectivity index (χ2n) is 4.96. The Bertz CT molecular complexity index is 350. The fourth-order valence-electron chi connectivity index (χ4n) is 1.06. The number of hydrogen-bond acceptors (Lipinski definition) is 4. The van der Waals surface area contributed by atoms with Crippen LogP contribution < -0.4 is 0 Å². The molecule has 0 spiro atoms. The zero-order valence-electron chi connectivity index (χ0n) is 14.2. The summed E-state index contributed by atoms with van der Waals surface area (Å²) in [5.41, 5.74) is 0. The van der Waals surface area contributed by atoms with Gasteiger partial charge in [0, 0.05) is 25.2 Å². The van der Waals surface area contributed by atoms with Gasteiger partial charge in [-0.1, -0.05) is 26.7 Å². The first-order valence-corrected chi connectivity index (χ1v) is 8.65. The zero-order valence-corrected chi connectivity index (χ0v) is 16.0. The summed E-state index contributed by atoms with van der Waals surface area (Å²) in [5.74, 6) is -0.974. The minimum absolute atomic E-state index is 0.00171. The Morgan fingerprint density at radius 1 is 1.00 bits per heavy atom. The summed E-state index contributed by atoms with van der Waals surface area (Å²) < 4.78 is 0. The van der Waals surface area contributed by atoms with Gasteiger partial charge in [0.1, 0.15) is 0 Å². The Morgan fingerprint density at radius 2 is 1.39 bits per heavy atom. The molecule has 0 saturated carbocycles. The van der Waals surface area contributed by atoms with E-state index in [1.54, 1.807) is 6.92 Å². The van der Waals surface area contributed by atoms with Gasteiger partial charge in [0.15, 0.2) is 10.2 Å². The number of carboxylic acids is 1. The third-order valence-corrected chi connectivity index (χ3v) is 2.95. The van der Waals surface area contributed by atoms with Gasteiger partial charge >= 0.3 is 5.97 Å². The number of nitrogens with zero attached hydrogens (tertiary/aromatic N) is 1. The van der Waals surface area contributed by atoms with Gasteiger partial charge in [0.05, 0.1) is 6.07 Å². The lowest BCUT2D eigenvalue weighted by molar-refractivity contribution is -0.137. The van der Waals surface area contributed by atoms with Crippen LogP contribution in [0.4, 0.5) is 0 Å². The number of rotatable bonds is 9. The third kappa shape index (κ3) is 38.7. The van der Waals surface area contributed by atoms with Gasteiger partial charge in [-0.3, -0.25) is 14.4 Å². The summed E-state index contributed by atoms with van der Waals surface area (Å²) in [5, 5.41) is 16.4. The van der Waals surface area contributed by atoms with Crippen LogP contribution in [0.3, 0.4) is 0 Å². The van der Waals surface area contributed by atoms with E-state index in [2.05, 4.69) is 39.1 Å². The van der Waals surface area contributed by atoms with Crippen LogP contribution >= 0.6 is 25.3 Å². The van der Waals surface area contributed by atoms with Crippen LogP contribution in [0.2, 0.25) is 0 Å². The highest BCUT2D eigenvalue weighted by molar-refractivity contribution is 7.96. The number of nitriles is 1. The van der Waals surface area contributed by atoms with Crippen LogP contribution in [0.15, 0.2) is 0 Å². The maximum Gasteiger partial charge on any atom is 0.303 e. The molecule has 1 N–H and O–H groups in total. The fraction of sp³-hybridized carbons (Fsp3) is 0.750. The third-order valence-electron chi connectivity index (χ3n) is 2.50. The van der Waals surface area contributed by atoms with Gasteiger partial charge in [0.2, 0.25) is 0 Å². The molecule has 0 fully saturated rings. The highest BCUT2D eigenvalue weighted by Gasteiger charge is 2.02. The molecule has 134 valence electrons. The van der Waals surface area contributed by atoms with Crippen molar-refractivity contribution >= 4 is 41.5 Å². The van der Waals surface area contributed by atoms with E-state index in [0.717, 1.165) is 25.7 Å². The maximum absolute atomic E-state index is 10.1. The smallest absolute Gasteiger partial charge is 0.303 e. The van der Waals surface area contributed by atoms with Gasteiger partial charge in [-0.05, 0) is 26.2 Å². The fourth-order valence-corrected chi connectivity index (χ4v) is 1.38. The second-order valence-corrected chi connectivity index (χ2v) is 5.95.